The second-order valence-corrected chi connectivity index (χ2v) is 8.31. The maximum absolute atomic E-state index is 10.6. The van der Waals surface area contributed by atoms with E-state index in [0.717, 1.165) is 54.3 Å². The van der Waals surface area contributed by atoms with E-state index in [-0.39, 0.29) is 6.61 Å². The van der Waals surface area contributed by atoms with Crippen LogP contribution >= 0.6 is 0 Å². The molecule has 224 valence electrons. The SMILES string of the molecule is CCc1nc(C)ccc1OCc1nc(-c2c(C)ncc3c2CCNC3)no1.O=C(O)C(F)(F)F.O=C(O)C(F)(F)F. The number of aromatic nitrogens is 4. The second-order valence-electron chi connectivity index (χ2n) is 8.31. The topological polar surface area (TPSA) is 161 Å². The fraction of sp³-hybridized carbons (Fsp3) is 0.417. The predicted molar refractivity (Wildman–Crippen MR) is 128 cm³/mol. The number of carboxylic acids is 2. The summed E-state index contributed by atoms with van der Waals surface area (Å²) in [6, 6.07) is 3.88. The summed E-state index contributed by atoms with van der Waals surface area (Å²) in [6.07, 6.45) is -6.49. The zero-order valence-electron chi connectivity index (χ0n) is 21.9. The summed E-state index contributed by atoms with van der Waals surface area (Å²) in [5.74, 6) is -3.74. The lowest BCUT2D eigenvalue weighted by atomic mass is 9.95. The van der Waals surface area contributed by atoms with E-state index in [4.69, 9.17) is 29.1 Å². The number of ether oxygens (including phenoxy) is 1. The van der Waals surface area contributed by atoms with Crippen LogP contribution in [0.5, 0.6) is 5.75 Å². The molecule has 0 radical (unpaired) electrons. The van der Waals surface area contributed by atoms with Gasteiger partial charge in [0.25, 0.3) is 5.89 Å². The first-order valence-electron chi connectivity index (χ1n) is 11.7. The Morgan fingerprint density at radius 3 is 2.22 bits per heavy atom. The molecule has 11 nitrogen and oxygen atoms in total. The highest BCUT2D eigenvalue weighted by Gasteiger charge is 2.38. The average Bonchev–Trinajstić information content (AvgIpc) is 3.35. The van der Waals surface area contributed by atoms with Crippen molar-refractivity contribution in [3.05, 3.63) is 52.4 Å². The molecule has 0 saturated heterocycles. The van der Waals surface area contributed by atoms with Crippen LogP contribution in [-0.2, 0) is 35.6 Å². The number of rotatable bonds is 5. The summed E-state index contributed by atoms with van der Waals surface area (Å²) in [6.45, 7) is 7.99. The number of aryl methyl sites for hydroxylation is 3. The van der Waals surface area contributed by atoms with Crippen LogP contribution in [-0.4, -0.2) is 61.2 Å². The monoisotopic (exact) mass is 593 g/mol. The first-order valence-corrected chi connectivity index (χ1v) is 11.7. The van der Waals surface area contributed by atoms with Gasteiger partial charge in [0.15, 0.2) is 6.61 Å². The van der Waals surface area contributed by atoms with Crippen molar-refractivity contribution in [1.82, 2.24) is 25.4 Å². The Morgan fingerprint density at radius 1 is 1.05 bits per heavy atom. The molecule has 0 bridgehead atoms. The zero-order chi connectivity index (χ0) is 31.0. The van der Waals surface area contributed by atoms with E-state index < -0.39 is 24.3 Å². The van der Waals surface area contributed by atoms with E-state index in [1.54, 1.807) is 0 Å². The molecule has 0 saturated carbocycles. The van der Waals surface area contributed by atoms with E-state index in [1.807, 2.05) is 32.2 Å². The Morgan fingerprint density at radius 2 is 1.66 bits per heavy atom. The summed E-state index contributed by atoms with van der Waals surface area (Å²) in [5.41, 5.74) is 6.26. The molecule has 0 amide bonds. The molecule has 17 heteroatoms. The van der Waals surface area contributed by atoms with Gasteiger partial charge in [0.05, 0.1) is 5.69 Å². The standard InChI is InChI=1S/C20H23N5O2.2C2HF3O2/c1-4-16-17(6-5-12(2)23-16)26-11-18-24-20(25-27-18)19-13(3)22-10-14-9-21-8-7-15(14)19;2*3-2(4,5)1(6)7/h5-6,10,21H,4,7-9,11H2,1-3H3;2*(H,6,7). The molecule has 4 rings (SSSR count). The number of aliphatic carboxylic acids is 2. The van der Waals surface area contributed by atoms with Crippen LogP contribution in [0.3, 0.4) is 0 Å². The molecule has 0 atom stereocenters. The molecule has 0 unspecified atom stereocenters. The van der Waals surface area contributed by atoms with E-state index >= 15 is 0 Å². The van der Waals surface area contributed by atoms with Crippen molar-refractivity contribution in [3.63, 3.8) is 0 Å². The Kier molecular flexibility index (Phi) is 11.1. The number of carboxylic acid groups (broad SMARTS) is 2. The second kappa shape index (κ2) is 13.9. The van der Waals surface area contributed by atoms with Gasteiger partial charge in [0.1, 0.15) is 5.75 Å². The highest BCUT2D eigenvalue weighted by atomic mass is 19.4. The minimum Gasteiger partial charge on any atom is -0.482 e. The number of alkyl halides is 6. The molecule has 4 heterocycles. The molecular formula is C24H25F6N5O6. The number of carbonyl (C=O) groups is 2. The summed E-state index contributed by atoms with van der Waals surface area (Å²) in [5, 5.41) is 21.8. The first kappa shape index (κ1) is 32.9. The van der Waals surface area contributed by atoms with Gasteiger partial charge >= 0.3 is 24.3 Å². The van der Waals surface area contributed by atoms with Gasteiger partial charge in [-0.15, -0.1) is 0 Å². The summed E-state index contributed by atoms with van der Waals surface area (Å²) in [4.78, 5) is 31.4. The lowest BCUT2D eigenvalue weighted by Gasteiger charge is -2.19. The van der Waals surface area contributed by atoms with Gasteiger partial charge in [-0.3, -0.25) is 9.97 Å². The Bertz CT molecular complexity index is 1340. The third-order valence-corrected chi connectivity index (χ3v) is 5.27. The van der Waals surface area contributed by atoms with Crippen LogP contribution in [0.15, 0.2) is 22.9 Å². The van der Waals surface area contributed by atoms with E-state index in [9.17, 15) is 26.3 Å². The zero-order valence-corrected chi connectivity index (χ0v) is 21.9. The van der Waals surface area contributed by atoms with Crippen LogP contribution in [0.4, 0.5) is 26.3 Å². The highest BCUT2D eigenvalue weighted by molar-refractivity contribution is 5.73. The smallest absolute Gasteiger partial charge is 0.482 e. The molecule has 3 aromatic heterocycles. The summed E-state index contributed by atoms with van der Waals surface area (Å²) < 4.78 is 74.8. The van der Waals surface area contributed by atoms with Gasteiger partial charge in [-0.2, -0.15) is 31.3 Å². The lowest BCUT2D eigenvalue weighted by molar-refractivity contribution is -0.193. The molecule has 0 aromatic carbocycles. The van der Waals surface area contributed by atoms with Crippen LogP contribution in [0.1, 0.15) is 41.0 Å². The van der Waals surface area contributed by atoms with Gasteiger partial charge in [-0.05, 0) is 56.5 Å². The van der Waals surface area contributed by atoms with Gasteiger partial charge in [-0.25, -0.2) is 9.59 Å². The molecule has 0 fully saturated rings. The largest absolute Gasteiger partial charge is 0.490 e. The van der Waals surface area contributed by atoms with Gasteiger partial charge in [-0.1, -0.05) is 12.1 Å². The van der Waals surface area contributed by atoms with Crippen molar-refractivity contribution in [2.24, 2.45) is 0 Å². The minimum absolute atomic E-state index is 0.216. The Hall–Kier alpha value is -4.28. The predicted octanol–water partition coefficient (Wildman–Crippen LogP) is 4.20. The molecular weight excluding hydrogens is 568 g/mol. The Labute approximate surface area is 228 Å². The fourth-order valence-electron chi connectivity index (χ4n) is 3.40. The molecule has 0 spiro atoms. The molecule has 3 N–H and O–H groups in total. The van der Waals surface area contributed by atoms with Gasteiger partial charge in [0.2, 0.25) is 5.82 Å². The van der Waals surface area contributed by atoms with Gasteiger partial charge < -0.3 is 24.8 Å². The quantitative estimate of drug-likeness (QED) is 0.364. The van der Waals surface area contributed by atoms with Crippen molar-refractivity contribution < 1.29 is 55.4 Å². The van der Waals surface area contributed by atoms with Crippen LogP contribution in [0.25, 0.3) is 11.4 Å². The molecule has 3 aromatic rings. The van der Waals surface area contributed by atoms with Crippen molar-refractivity contribution in [2.75, 3.05) is 6.54 Å². The number of fused-ring (bicyclic) bond motifs is 1. The van der Waals surface area contributed by atoms with E-state index in [1.165, 1.54) is 11.1 Å². The van der Waals surface area contributed by atoms with Crippen molar-refractivity contribution >= 4 is 11.9 Å². The van der Waals surface area contributed by atoms with E-state index in [0.29, 0.717) is 11.7 Å². The third-order valence-electron chi connectivity index (χ3n) is 5.27. The minimum atomic E-state index is -5.08. The molecule has 41 heavy (non-hydrogen) atoms. The normalized spacial score (nSPS) is 12.7. The van der Waals surface area contributed by atoms with Crippen LogP contribution in [0.2, 0.25) is 0 Å². The third kappa shape index (κ3) is 9.70. The molecule has 1 aliphatic rings. The molecule has 1 aliphatic heterocycles. The van der Waals surface area contributed by atoms with Crippen molar-refractivity contribution in [3.8, 4) is 17.1 Å². The maximum atomic E-state index is 10.6. The van der Waals surface area contributed by atoms with Crippen LogP contribution < -0.4 is 10.1 Å². The van der Waals surface area contributed by atoms with Crippen molar-refractivity contribution in [1.29, 1.82) is 0 Å². The number of halogens is 6. The molecule has 0 aliphatic carbocycles. The summed E-state index contributed by atoms with van der Waals surface area (Å²) >= 11 is 0. The van der Waals surface area contributed by atoms with Crippen LogP contribution in [0, 0.1) is 13.8 Å². The highest BCUT2D eigenvalue weighted by Crippen LogP contribution is 2.29. The van der Waals surface area contributed by atoms with Gasteiger partial charge in [0, 0.05) is 29.7 Å². The Balaban J connectivity index is 0.000000349. The number of nitrogens with one attached hydrogen (secondary N) is 1. The van der Waals surface area contributed by atoms with Crippen molar-refractivity contribution in [2.45, 2.75) is 59.1 Å². The lowest BCUT2D eigenvalue weighted by Crippen LogP contribution is -2.24. The number of hydrogen-bond acceptors (Lipinski definition) is 9. The number of nitrogens with zero attached hydrogens (tertiary/aromatic N) is 4. The first-order chi connectivity index (χ1) is 19.0. The summed E-state index contributed by atoms with van der Waals surface area (Å²) in [7, 11) is 0. The maximum Gasteiger partial charge on any atom is 0.490 e. The average molecular weight is 593 g/mol. The fourth-order valence-corrected chi connectivity index (χ4v) is 3.40. The number of pyridine rings is 2. The van der Waals surface area contributed by atoms with E-state index in [2.05, 4.69) is 32.3 Å². The number of hydrogen-bond donors (Lipinski definition) is 3.